The van der Waals surface area contributed by atoms with Gasteiger partial charge >= 0.3 is 5.69 Å². The zero-order valence-corrected chi connectivity index (χ0v) is 18.3. The molecule has 0 radical (unpaired) electrons. The molecule has 1 aliphatic carbocycles. The van der Waals surface area contributed by atoms with Gasteiger partial charge < -0.3 is 10.1 Å². The fraction of sp³-hybridized carbons (Fsp3) is 0.476. The number of nitrogens with zero attached hydrogens (tertiary/aromatic N) is 3. The van der Waals surface area contributed by atoms with E-state index in [1.54, 1.807) is 24.3 Å². The van der Waals surface area contributed by atoms with Gasteiger partial charge in [0.1, 0.15) is 5.03 Å². The first kappa shape index (κ1) is 21.4. The van der Waals surface area contributed by atoms with Gasteiger partial charge in [-0.05, 0) is 43.5 Å². The van der Waals surface area contributed by atoms with Crippen LogP contribution in [0.4, 0.5) is 5.69 Å². The summed E-state index contributed by atoms with van der Waals surface area (Å²) in [4.78, 5) is 31.7. The average molecular weight is 449 g/mol. The van der Waals surface area contributed by atoms with Gasteiger partial charge in [-0.2, -0.15) is 4.98 Å². The Balaban J connectivity index is 1.40. The summed E-state index contributed by atoms with van der Waals surface area (Å²) in [7, 11) is 0. The molecule has 2 aromatic rings. The molecular weight excluding hydrogens is 424 g/mol. The van der Waals surface area contributed by atoms with Gasteiger partial charge in [-0.25, -0.2) is 4.79 Å². The number of thioether (sulfide) groups is 1. The third kappa shape index (κ3) is 5.24. The Kier molecular flexibility index (Phi) is 7.09. The monoisotopic (exact) mass is 448 g/mol. The first-order valence-corrected chi connectivity index (χ1v) is 11.6. The smallest absolute Gasteiger partial charge is 0.348 e. The van der Waals surface area contributed by atoms with E-state index in [9.17, 15) is 9.59 Å². The van der Waals surface area contributed by atoms with E-state index < -0.39 is 0 Å². The Morgan fingerprint density at radius 2 is 1.93 bits per heavy atom. The molecule has 0 unspecified atom stereocenters. The molecule has 7 nitrogen and oxygen atoms in total. The van der Waals surface area contributed by atoms with Gasteiger partial charge in [-0.1, -0.05) is 23.4 Å². The highest BCUT2D eigenvalue weighted by Gasteiger charge is 2.23. The van der Waals surface area contributed by atoms with Gasteiger partial charge in [0.2, 0.25) is 5.91 Å². The quantitative estimate of drug-likeness (QED) is 0.518. The first-order chi connectivity index (χ1) is 14.6. The number of hydrogen-bond acceptors (Lipinski definition) is 6. The number of rotatable bonds is 7. The normalized spacial score (nSPS) is 16.4. The molecule has 2 aliphatic rings. The lowest BCUT2D eigenvalue weighted by atomic mass is 10.2. The SMILES string of the molecule is O=C(CSc1nc(=O)n(CCN2CCOCC2)c2c1CCC2)Nc1ccc(Cl)cc1. The van der Waals surface area contributed by atoms with Crippen LogP contribution in [0.15, 0.2) is 34.1 Å². The number of nitrogens with one attached hydrogen (secondary N) is 1. The van der Waals surface area contributed by atoms with Crippen molar-refractivity contribution in [2.24, 2.45) is 0 Å². The molecule has 4 rings (SSSR count). The van der Waals surface area contributed by atoms with E-state index >= 15 is 0 Å². The van der Waals surface area contributed by atoms with Crippen LogP contribution in [0.25, 0.3) is 0 Å². The Bertz CT molecular complexity index is 958. The predicted molar refractivity (Wildman–Crippen MR) is 119 cm³/mol. The summed E-state index contributed by atoms with van der Waals surface area (Å²) in [5, 5.41) is 4.16. The van der Waals surface area contributed by atoms with Gasteiger partial charge in [-0.3, -0.25) is 14.3 Å². The van der Waals surface area contributed by atoms with Crippen LogP contribution in [0.5, 0.6) is 0 Å². The van der Waals surface area contributed by atoms with Gasteiger partial charge in [0, 0.05) is 48.1 Å². The number of carbonyl (C=O) groups excluding carboxylic acids is 1. The van der Waals surface area contributed by atoms with Crippen LogP contribution in [-0.2, 0) is 28.9 Å². The van der Waals surface area contributed by atoms with Crippen molar-refractivity contribution in [1.82, 2.24) is 14.5 Å². The summed E-state index contributed by atoms with van der Waals surface area (Å²) in [6.45, 7) is 4.78. The molecule has 0 bridgehead atoms. The highest BCUT2D eigenvalue weighted by Crippen LogP contribution is 2.29. The Morgan fingerprint density at radius 1 is 1.17 bits per heavy atom. The summed E-state index contributed by atoms with van der Waals surface area (Å²) < 4.78 is 7.22. The first-order valence-electron chi connectivity index (χ1n) is 10.2. The van der Waals surface area contributed by atoms with Crippen LogP contribution < -0.4 is 11.0 Å². The second-order valence-corrected chi connectivity index (χ2v) is 8.83. The number of halogens is 1. The van der Waals surface area contributed by atoms with Crippen LogP contribution in [0.3, 0.4) is 0 Å². The molecule has 30 heavy (non-hydrogen) atoms. The maximum absolute atomic E-state index is 12.7. The number of aromatic nitrogens is 2. The highest BCUT2D eigenvalue weighted by molar-refractivity contribution is 8.00. The molecule has 9 heteroatoms. The Hall–Kier alpha value is -1.87. The van der Waals surface area contributed by atoms with Crippen molar-refractivity contribution in [1.29, 1.82) is 0 Å². The van der Waals surface area contributed by atoms with Crippen molar-refractivity contribution >= 4 is 35.0 Å². The number of fused-ring (bicyclic) bond motifs is 1. The molecule has 1 amide bonds. The maximum Gasteiger partial charge on any atom is 0.348 e. The van der Waals surface area contributed by atoms with E-state index in [0.29, 0.717) is 22.3 Å². The zero-order chi connectivity index (χ0) is 20.9. The van der Waals surface area contributed by atoms with E-state index in [4.69, 9.17) is 16.3 Å². The molecule has 0 atom stereocenters. The summed E-state index contributed by atoms with van der Waals surface area (Å²) in [6, 6.07) is 6.98. The van der Waals surface area contributed by atoms with E-state index in [0.717, 1.165) is 63.4 Å². The van der Waals surface area contributed by atoms with Gasteiger partial charge in [0.05, 0.1) is 19.0 Å². The van der Waals surface area contributed by atoms with E-state index in [-0.39, 0.29) is 17.3 Å². The van der Waals surface area contributed by atoms with Gasteiger partial charge in [-0.15, -0.1) is 0 Å². The van der Waals surface area contributed by atoms with Gasteiger partial charge in [0.15, 0.2) is 0 Å². The minimum Gasteiger partial charge on any atom is -0.379 e. The van der Waals surface area contributed by atoms with Crippen molar-refractivity contribution in [2.75, 3.05) is 43.9 Å². The fourth-order valence-corrected chi connectivity index (χ4v) is 4.87. The standard InChI is InChI=1S/C21H25ClN4O3S/c22-15-4-6-16(7-5-15)23-19(27)14-30-20-17-2-1-3-18(17)26(21(28)24-20)9-8-25-10-12-29-13-11-25/h4-7H,1-3,8-14H2,(H,23,27). The molecule has 160 valence electrons. The lowest BCUT2D eigenvalue weighted by molar-refractivity contribution is -0.113. The van der Waals surface area contributed by atoms with E-state index in [2.05, 4.69) is 15.2 Å². The molecule has 1 saturated heterocycles. The second kappa shape index (κ2) is 9.96. The Labute approximate surface area is 184 Å². The van der Waals surface area contributed by atoms with Crippen LogP contribution in [0.1, 0.15) is 17.7 Å². The highest BCUT2D eigenvalue weighted by atomic mass is 35.5. The van der Waals surface area contributed by atoms with Crippen molar-refractivity contribution in [3.05, 3.63) is 51.0 Å². The zero-order valence-electron chi connectivity index (χ0n) is 16.7. The van der Waals surface area contributed by atoms with Crippen LogP contribution >= 0.6 is 23.4 Å². The number of carbonyl (C=O) groups is 1. The maximum atomic E-state index is 12.7. The molecule has 2 heterocycles. The molecule has 0 spiro atoms. The number of amides is 1. The average Bonchev–Trinajstić information content (AvgIpc) is 3.24. The fourth-order valence-electron chi connectivity index (χ4n) is 3.87. The van der Waals surface area contributed by atoms with Gasteiger partial charge in [0.25, 0.3) is 0 Å². The minimum absolute atomic E-state index is 0.132. The molecule has 1 fully saturated rings. The van der Waals surface area contributed by atoms with Crippen LogP contribution in [-0.4, -0.2) is 59.0 Å². The number of hydrogen-bond donors (Lipinski definition) is 1. The van der Waals surface area contributed by atoms with Crippen molar-refractivity contribution in [2.45, 2.75) is 30.8 Å². The molecule has 1 aromatic heterocycles. The molecule has 1 aromatic carbocycles. The summed E-state index contributed by atoms with van der Waals surface area (Å²) in [5.41, 5.74) is 2.69. The minimum atomic E-state index is -0.218. The van der Waals surface area contributed by atoms with E-state index in [1.165, 1.54) is 11.8 Å². The molecule has 0 saturated carbocycles. The van der Waals surface area contributed by atoms with Crippen LogP contribution in [0, 0.1) is 0 Å². The predicted octanol–water partition coefficient (Wildman–Crippen LogP) is 2.45. The molecule has 1 N–H and O–H groups in total. The lowest BCUT2D eigenvalue weighted by Gasteiger charge is -2.27. The lowest BCUT2D eigenvalue weighted by Crippen LogP contribution is -2.40. The van der Waals surface area contributed by atoms with Crippen molar-refractivity contribution in [3.63, 3.8) is 0 Å². The third-order valence-corrected chi connectivity index (χ3v) is 6.68. The summed E-state index contributed by atoms with van der Waals surface area (Å²) >= 11 is 7.21. The topological polar surface area (TPSA) is 76.5 Å². The second-order valence-electron chi connectivity index (χ2n) is 7.43. The van der Waals surface area contributed by atoms with Crippen molar-refractivity contribution < 1.29 is 9.53 Å². The Morgan fingerprint density at radius 3 is 2.70 bits per heavy atom. The number of benzene rings is 1. The summed E-state index contributed by atoms with van der Waals surface area (Å²) in [5.74, 6) is 0.0756. The number of morpholine rings is 1. The third-order valence-electron chi connectivity index (χ3n) is 5.41. The molecular formula is C21H25ClN4O3S. The largest absolute Gasteiger partial charge is 0.379 e. The number of anilines is 1. The van der Waals surface area contributed by atoms with Crippen molar-refractivity contribution in [3.8, 4) is 0 Å². The summed E-state index contributed by atoms with van der Waals surface area (Å²) in [6.07, 6.45) is 2.81. The van der Waals surface area contributed by atoms with E-state index in [1.807, 2.05) is 4.57 Å². The number of ether oxygens (including phenoxy) is 1. The molecule has 1 aliphatic heterocycles. The van der Waals surface area contributed by atoms with Crippen LogP contribution in [0.2, 0.25) is 5.02 Å².